The number of para-hydroxylation sites is 1. The first-order chi connectivity index (χ1) is 10.1. The molecule has 2 rings (SSSR count). The Kier molecular flexibility index (Phi) is 10.7. The summed E-state index contributed by atoms with van der Waals surface area (Å²) < 4.78 is 0. The van der Waals surface area contributed by atoms with Crippen molar-refractivity contribution in [2.45, 2.75) is 0 Å². The molecule has 2 aromatic rings. The van der Waals surface area contributed by atoms with Gasteiger partial charge in [-0.2, -0.15) is 5.10 Å². The van der Waals surface area contributed by atoms with Crippen LogP contribution in [0.3, 0.4) is 0 Å². The van der Waals surface area contributed by atoms with E-state index in [0.717, 1.165) is 11.1 Å². The molecular weight excluding hydrogens is 372 g/mol. The van der Waals surface area contributed by atoms with Crippen LogP contribution in [0.5, 0.6) is 5.75 Å². The quantitative estimate of drug-likeness (QED) is 0.362. The van der Waals surface area contributed by atoms with Gasteiger partial charge in [-0.15, -0.1) is 17.1 Å². The molecule has 0 atom stereocenters. The molecule has 119 valence electrons. The SMILES string of the molecule is NC(=S)N/N=C/c1cccs1.[Cu+2].[O-]/N=C\c1ccccc1[O-]. The van der Waals surface area contributed by atoms with Gasteiger partial charge >= 0.3 is 17.1 Å². The Morgan fingerprint density at radius 2 is 1.95 bits per heavy atom. The minimum absolute atomic E-state index is 0. The third-order valence-corrected chi connectivity index (χ3v) is 2.92. The second-order valence-electron chi connectivity index (χ2n) is 3.52. The number of hydrogen-bond donors (Lipinski definition) is 2. The van der Waals surface area contributed by atoms with Crippen molar-refractivity contribution in [3.8, 4) is 5.75 Å². The molecule has 6 nitrogen and oxygen atoms in total. The van der Waals surface area contributed by atoms with Crippen LogP contribution in [0.4, 0.5) is 0 Å². The van der Waals surface area contributed by atoms with E-state index in [-0.39, 0.29) is 27.9 Å². The van der Waals surface area contributed by atoms with Gasteiger partial charge in [0, 0.05) is 11.1 Å². The zero-order chi connectivity index (χ0) is 15.5. The second-order valence-corrected chi connectivity index (χ2v) is 4.94. The number of hydrogen-bond acceptors (Lipinski definition) is 6. The van der Waals surface area contributed by atoms with Crippen LogP contribution in [0.1, 0.15) is 10.4 Å². The van der Waals surface area contributed by atoms with E-state index in [1.807, 2.05) is 17.5 Å². The predicted molar refractivity (Wildman–Crippen MR) is 88.7 cm³/mol. The number of thiophene rings is 1. The topological polar surface area (TPSA) is 109 Å². The largest absolute Gasteiger partial charge is 2.00 e. The molecule has 1 aromatic carbocycles. The second kappa shape index (κ2) is 11.7. The van der Waals surface area contributed by atoms with Crippen LogP contribution in [0.15, 0.2) is 52.0 Å². The van der Waals surface area contributed by atoms with Crippen molar-refractivity contribution in [1.29, 1.82) is 0 Å². The number of benzene rings is 1. The smallest absolute Gasteiger partial charge is 0.872 e. The van der Waals surface area contributed by atoms with Crippen molar-refractivity contribution in [3.63, 3.8) is 0 Å². The number of nitrogens with one attached hydrogen (secondary N) is 1. The van der Waals surface area contributed by atoms with Crippen molar-refractivity contribution in [2.24, 2.45) is 16.0 Å². The van der Waals surface area contributed by atoms with Crippen molar-refractivity contribution in [1.82, 2.24) is 5.43 Å². The van der Waals surface area contributed by atoms with Gasteiger partial charge in [-0.3, -0.25) is 5.43 Å². The molecule has 0 aliphatic carbocycles. The van der Waals surface area contributed by atoms with E-state index >= 15 is 0 Å². The summed E-state index contributed by atoms with van der Waals surface area (Å²) in [6, 6.07) is 10.1. The third-order valence-electron chi connectivity index (χ3n) is 2.02. The van der Waals surface area contributed by atoms with Gasteiger partial charge in [-0.25, -0.2) is 0 Å². The number of rotatable bonds is 3. The molecule has 0 saturated heterocycles. The maximum Gasteiger partial charge on any atom is 2.00 e. The Bertz CT molecular complexity index is 618. The maximum atomic E-state index is 10.8. The molecular formula is C13H12CuN4O2S2. The summed E-state index contributed by atoms with van der Waals surface area (Å²) in [6.45, 7) is 0. The summed E-state index contributed by atoms with van der Waals surface area (Å²) in [4.78, 5) is 1.06. The summed E-state index contributed by atoms with van der Waals surface area (Å²) in [5.41, 5.74) is 7.94. The zero-order valence-corrected chi connectivity index (χ0v) is 13.7. The number of thiocarbonyl (C=S) groups is 1. The van der Waals surface area contributed by atoms with Gasteiger partial charge in [0.25, 0.3) is 0 Å². The fraction of sp³-hybridized carbons (Fsp3) is 0. The van der Waals surface area contributed by atoms with Crippen molar-refractivity contribution < 1.29 is 22.2 Å². The molecule has 9 heteroatoms. The van der Waals surface area contributed by atoms with Crippen molar-refractivity contribution in [3.05, 3.63) is 57.4 Å². The van der Waals surface area contributed by atoms with Gasteiger partial charge in [0.05, 0.1) is 6.21 Å². The van der Waals surface area contributed by atoms with Crippen LogP contribution in [0.2, 0.25) is 0 Å². The number of hydrazone groups is 1. The first-order valence-corrected chi connectivity index (χ1v) is 6.96. The Morgan fingerprint density at radius 3 is 2.50 bits per heavy atom. The van der Waals surface area contributed by atoms with E-state index in [4.69, 9.17) is 5.73 Å². The Balaban J connectivity index is 0.000000385. The normalized spacial score (nSPS) is 9.82. The van der Waals surface area contributed by atoms with E-state index < -0.39 is 0 Å². The minimum Gasteiger partial charge on any atom is -0.872 e. The molecule has 0 bridgehead atoms. The average Bonchev–Trinajstić information content (AvgIpc) is 2.95. The zero-order valence-electron chi connectivity index (χ0n) is 11.1. The fourth-order valence-electron chi connectivity index (χ4n) is 1.17. The van der Waals surface area contributed by atoms with Crippen LogP contribution < -0.4 is 16.3 Å². The van der Waals surface area contributed by atoms with Crippen LogP contribution in [0, 0.1) is 5.21 Å². The minimum atomic E-state index is -0.179. The molecule has 0 aliphatic rings. The van der Waals surface area contributed by atoms with Crippen LogP contribution in [-0.2, 0) is 17.1 Å². The summed E-state index contributed by atoms with van der Waals surface area (Å²) in [5, 5.41) is 28.9. The Morgan fingerprint density at radius 1 is 1.23 bits per heavy atom. The molecule has 0 aliphatic heterocycles. The summed E-state index contributed by atoms with van der Waals surface area (Å²) in [6.07, 6.45) is 2.67. The maximum absolute atomic E-state index is 10.8. The number of nitrogens with zero attached hydrogens (tertiary/aromatic N) is 2. The first kappa shape index (κ1) is 20.1. The fourth-order valence-corrected chi connectivity index (χ4v) is 1.81. The number of nitrogens with two attached hydrogens (primary N) is 1. The van der Waals surface area contributed by atoms with Crippen molar-refractivity contribution in [2.75, 3.05) is 0 Å². The van der Waals surface area contributed by atoms with Crippen LogP contribution in [0.25, 0.3) is 0 Å². The molecule has 1 aromatic heterocycles. The van der Waals surface area contributed by atoms with Gasteiger partial charge in [-0.05, 0) is 29.2 Å². The standard InChI is InChI=1S/C7H7NO2.C6H7N3S2.Cu/c9-7-4-2-1-3-6(7)5-8-10;7-6(10)9-8-4-5-2-1-3-11-5;/h1-5,9-10H;1-4H,(H3,7,9,10);/q;;+2/p-2/b8-5-;8-4+;. The molecule has 0 saturated carbocycles. The van der Waals surface area contributed by atoms with Gasteiger partial charge in [-0.1, -0.05) is 30.3 Å². The van der Waals surface area contributed by atoms with Crippen LogP contribution in [-0.4, -0.2) is 17.5 Å². The van der Waals surface area contributed by atoms with Crippen LogP contribution >= 0.6 is 23.6 Å². The van der Waals surface area contributed by atoms with E-state index in [1.165, 1.54) is 6.07 Å². The Labute approximate surface area is 147 Å². The van der Waals surface area contributed by atoms with Gasteiger partial charge in [0.1, 0.15) is 0 Å². The average molecular weight is 384 g/mol. The monoisotopic (exact) mass is 383 g/mol. The molecule has 0 spiro atoms. The molecule has 22 heavy (non-hydrogen) atoms. The third kappa shape index (κ3) is 8.38. The predicted octanol–water partition coefficient (Wildman–Crippen LogP) is 1.59. The van der Waals surface area contributed by atoms with E-state index in [9.17, 15) is 10.3 Å². The summed E-state index contributed by atoms with van der Waals surface area (Å²) >= 11 is 6.15. The molecule has 0 amide bonds. The van der Waals surface area contributed by atoms with Gasteiger partial charge in [0.15, 0.2) is 5.11 Å². The Hall–Kier alpha value is -1.93. The van der Waals surface area contributed by atoms with E-state index in [2.05, 4.69) is 27.9 Å². The van der Waals surface area contributed by atoms with E-state index in [1.54, 1.807) is 35.8 Å². The molecule has 0 unspecified atom stereocenters. The first-order valence-electron chi connectivity index (χ1n) is 5.67. The van der Waals surface area contributed by atoms with Gasteiger partial charge < -0.3 is 21.2 Å². The molecule has 1 radical (unpaired) electrons. The molecule has 0 fully saturated rings. The summed E-state index contributed by atoms with van der Waals surface area (Å²) in [5.74, 6) is -0.179. The molecule has 1 heterocycles. The van der Waals surface area contributed by atoms with E-state index in [0.29, 0.717) is 5.56 Å². The van der Waals surface area contributed by atoms with Gasteiger partial charge in [0.2, 0.25) is 0 Å². The summed E-state index contributed by atoms with van der Waals surface area (Å²) in [7, 11) is 0. The molecule has 3 N–H and O–H groups in total. The van der Waals surface area contributed by atoms with Crippen molar-refractivity contribution >= 4 is 41.1 Å².